The van der Waals surface area contributed by atoms with Gasteiger partial charge in [0.15, 0.2) is 11.5 Å². The van der Waals surface area contributed by atoms with Gasteiger partial charge in [-0.3, -0.25) is 9.59 Å². The number of H-pyrrole nitrogens is 1. The third-order valence-corrected chi connectivity index (χ3v) is 5.35. The van der Waals surface area contributed by atoms with E-state index in [4.69, 9.17) is 9.47 Å². The Hall–Kier alpha value is -2.76. The molecule has 1 aromatic heterocycles. The Balaban J connectivity index is 1.54. The molecule has 26 heavy (non-hydrogen) atoms. The monoisotopic (exact) mass is 354 g/mol. The molecule has 0 atom stereocenters. The first kappa shape index (κ1) is 16.7. The number of fused-ring (bicyclic) bond motifs is 1. The third-order valence-electron chi connectivity index (χ3n) is 5.35. The smallest absolute Gasteiger partial charge is 0.252 e. The van der Waals surface area contributed by atoms with Gasteiger partial charge >= 0.3 is 0 Å². The lowest BCUT2D eigenvalue weighted by atomic mass is 9.78. The van der Waals surface area contributed by atoms with E-state index in [9.17, 15) is 9.59 Å². The van der Waals surface area contributed by atoms with Crippen LogP contribution in [-0.4, -0.2) is 30.6 Å². The fraction of sp³-hybridized carbons (Fsp3) is 0.400. The second kappa shape index (κ2) is 6.86. The molecule has 1 aliphatic heterocycles. The van der Waals surface area contributed by atoms with E-state index in [2.05, 4.69) is 22.4 Å². The first-order chi connectivity index (χ1) is 12.7. The molecular formula is C20H22N2O4. The number of carbonyl (C=O) groups excluding carboxylic acids is 1. The number of hydrogen-bond donors (Lipinski definition) is 2. The summed E-state index contributed by atoms with van der Waals surface area (Å²) in [5.74, 6) is 1.39. The minimum atomic E-state index is -0.218. The van der Waals surface area contributed by atoms with E-state index in [1.807, 2.05) is 6.07 Å². The molecule has 1 aliphatic carbocycles. The number of pyridine rings is 1. The van der Waals surface area contributed by atoms with Crippen LogP contribution in [0.5, 0.6) is 11.5 Å². The minimum absolute atomic E-state index is 0.0896. The van der Waals surface area contributed by atoms with E-state index in [0.29, 0.717) is 25.3 Å². The SMILES string of the molecule is O=C(NCC1(c2ccc3c(c2)OCCO3)CCCC1)c1ccc(=O)[nH]c1. The van der Waals surface area contributed by atoms with Crippen molar-refractivity contribution in [2.75, 3.05) is 19.8 Å². The predicted octanol–water partition coefficient (Wildman–Crippen LogP) is 2.39. The lowest BCUT2D eigenvalue weighted by molar-refractivity contribution is 0.0942. The van der Waals surface area contributed by atoms with Gasteiger partial charge in [-0.2, -0.15) is 0 Å². The highest BCUT2D eigenvalue weighted by atomic mass is 16.6. The Kier molecular flexibility index (Phi) is 4.41. The Morgan fingerprint density at radius 3 is 2.58 bits per heavy atom. The lowest BCUT2D eigenvalue weighted by Crippen LogP contribution is -2.39. The van der Waals surface area contributed by atoms with E-state index < -0.39 is 0 Å². The number of rotatable bonds is 4. The fourth-order valence-electron chi connectivity index (χ4n) is 3.90. The molecule has 0 spiro atoms. The van der Waals surface area contributed by atoms with Gasteiger partial charge in [0.1, 0.15) is 13.2 Å². The normalized spacial score (nSPS) is 17.7. The molecule has 1 aromatic carbocycles. The second-order valence-corrected chi connectivity index (χ2v) is 6.97. The van der Waals surface area contributed by atoms with Gasteiger partial charge in [0.2, 0.25) is 5.56 Å². The number of hydrogen-bond acceptors (Lipinski definition) is 4. The molecule has 2 aliphatic rings. The molecule has 136 valence electrons. The number of ether oxygens (including phenoxy) is 2. The van der Waals surface area contributed by atoms with Crippen molar-refractivity contribution < 1.29 is 14.3 Å². The van der Waals surface area contributed by atoms with Crippen LogP contribution in [0.4, 0.5) is 0 Å². The van der Waals surface area contributed by atoms with Crippen molar-refractivity contribution in [1.82, 2.24) is 10.3 Å². The van der Waals surface area contributed by atoms with Crippen molar-refractivity contribution in [1.29, 1.82) is 0 Å². The summed E-state index contributed by atoms with van der Waals surface area (Å²) < 4.78 is 11.3. The highest BCUT2D eigenvalue weighted by Gasteiger charge is 2.36. The number of aromatic amines is 1. The number of amides is 1. The van der Waals surface area contributed by atoms with Crippen LogP contribution in [-0.2, 0) is 5.41 Å². The van der Waals surface area contributed by atoms with Crippen LogP contribution in [0.15, 0.2) is 41.3 Å². The molecule has 6 heteroatoms. The van der Waals surface area contributed by atoms with E-state index in [1.165, 1.54) is 17.8 Å². The van der Waals surface area contributed by atoms with E-state index >= 15 is 0 Å². The molecule has 0 bridgehead atoms. The highest BCUT2D eigenvalue weighted by molar-refractivity contribution is 5.93. The van der Waals surface area contributed by atoms with E-state index in [0.717, 1.165) is 37.2 Å². The highest BCUT2D eigenvalue weighted by Crippen LogP contribution is 2.43. The minimum Gasteiger partial charge on any atom is -0.486 e. The first-order valence-corrected chi connectivity index (χ1v) is 9.03. The standard InChI is InChI=1S/C20H22N2O4/c23-18-6-3-14(12-21-18)19(24)22-13-20(7-1-2-8-20)15-4-5-16-17(11-15)26-10-9-25-16/h3-6,11-12H,1-2,7-10,13H2,(H,21,23)(H,22,24). The van der Waals surface area contributed by atoms with Crippen molar-refractivity contribution in [3.63, 3.8) is 0 Å². The van der Waals surface area contributed by atoms with Gasteiger partial charge in [-0.1, -0.05) is 18.9 Å². The summed E-state index contributed by atoms with van der Waals surface area (Å²) in [4.78, 5) is 26.1. The van der Waals surface area contributed by atoms with Gasteiger partial charge < -0.3 is 19.8 Å². The van der Waals surface area contributed by atoms with E-state index in [1.54, 1.807) is 6.07 Å². The molecular weight excluding hydrogens is 332 g/mol. The molecule has 0 saturated heterocycles. The average Bonchev–Trinajstić information content (AvgIpc) is 3.16. The molecule has 4 rings (SSSR count). The van der Waals surface area contributed by atoms with Gasteiger partial charge in [0.25, 0.3) is 5.91 Å². The summed E-state index contributed by atoms with van der Waals surface area (Å²) in [6.45, 7) is 1.70. The largest absolute Gasteiger partial charge is 0.486 e. The van der Waals surface area contributed by atoms with Crippen LogP contribution in [0.25, 0.3) is 0 Å². The number of carbonyl (C=O) groups is 1. The van der Waals surface area contributed by atoms with Gasteiger partial charge in [-0.25, -0.2) is 0 Å². The quantitative estimate of drug-likeness (QED) is 0.883. The molecule has 1 fully saturated rings. The average molecular weight is 354 g/mol. The van der Waals surface area contributed by atoms with Crippen molar-refractivity contribution in [2.45, 2.75) is 31.1 Å². The number of aromatic nitrogens is 1. The maximum atomic E-state index is 12.4. The molecule has 0 unspecified atom stereocenters. The molecule has 0 radical (unpaired) electrons. The Labute approximate surface area is 151 Å². The van der Waals surface area contributed by atoms with Crippen molar-refractivity contribution in [2.24, 2.45) is 0 Å². The maximum Gasteiger partial charge on any atom is 0.252 e. The zero-order chi connectivity index (χ0) is 18.0. The third kappa shape index (κ3) is 3.19. The zero-order valence-electron chi connectivity index (χ0n) is 14.5. The summed E-state index contributed by atoms with van der Waals surface area (Å²) in [7, 11) is 0. The molecule has 6 nitrogen and oxygen atoms in total. The summed E-state index contributed by atoms with van der Waals surface area (Å²) >= 11 is 0. The summed E-state index contributed by atoms with van der Waals surface area (Å²) in [6, 6.07) is 9.02. The molecule has 2 heterocycles. The number of nitrogens with one attached hydrogen (secondary N) is 2. The topological polar surface area (TPSA) is 80.4 Å². The van der Waals surface area contributed by atoms with Crippen LogP contribution < -0.4 is 20.3 Å². The second-order valence-electron chi connectivity index (χ2n) is 6.97. The van der Waals surface area contributed by atoms with Gasteiger partial charge in [0, 0.05) is 24.2 Å². The summed E-state index contributed by atoms with van der Waals surface area (Å²) in [5, 5.41) is 3.05. The Bertz CT molecular complexity index is 848. The zero-order valence-corrected chi connectivity index (χ0v) is 14.5. The van der Waals surface area contributed by atoms with E-state index in [-0.39, 0.29) is 16.9 Å². The van der Waals surface area contributed by atoms with Crippen LogP contribution in [0.1, 0.15) is 41.6 Å². The molecule has 2 N–H and O–H groups in total. The Morgan fingerprint density at radius 1 is 1.08 bits per heavy atom. The van der Waals surface area contributed by atoms with Crippen molar-refractivity contribution in [3.8, 4) is 11.5 Å². The van der Waals surface area contributed by atoms with Gasteiger partial charge in [-0.15, -0.1) is 0 Å². The van der Waals surface area contributed by atoms with Crippen molar-refractivity contribution >= 4 is 5.91 Å². The number of benzene rings is 1. The van der Waals surface area contributed by atoms with Crippen LogP contribution >= 0.6 is 0 Å². The van der Waals surface area contributed by atoms with Crippen LogP contribution in [0, 0.1) is 0 Å². The summed E-state index contributed by atoms with van der Waals surface area (Å²) in [6.07, 6.45) is 5.78. The maximum absolute atomic E-state index is 12.4. The lowest BCUT2D eigenvalue weighted by Gasteiger charge is -2.31. The predicted molar refractivity (Wildman–Crippen MR) is 97.0 cm³/mol. The van der Waals surface area contributed by atoms with Crippen LogP contribution in [0.3, 0.4) is 0 Å². The van der Waals surface area contributed by atoms with Gasteiger partial charge in [0.05, 0.1) is 5.56 Å². The summed E-state index contributed by atoms with van der Waals surface area (Å²) in [5.41, 5.74) is 1.33. The van der Waals surface area contributed by atoms with Gasteiger partial charge in [-0.05, 0) is 36.6 Å². The van der Waals surface area contributed by atoms with Crippen LogP contribution in [0.2, 0.25) is 0 Å². The fourth-order valence-corrected chi connectivity index (χ4v) is 3.90. The first-order valence-electron chi connectivity index (χ1n) is 9.03. The van der Waals surface area contributed by atoms with Crippen molar-refractivity contribution in [3.05, 3.63) is 58.0 Å². The Morgan fingerprint density at radius 2 is 1.85 bits per heavy atom. The molecule has 2 aromatic rings. The molecule has 1 saturated carbocycles. The molecule has 1 amide bonds.